The first-order chi connectivity index (χ1) is 10.7. The number of fused-ring (bicyclic) bond motifs is 1. The van der Waals surface area contributed by atoms with Gasteiger partial charge in [0, 0.05) is 26.6 Å². The van der Waals surface area contributed by atoms with Crippen LogP contribution in [-0.2, 0) is 14.3 Å². The minimum Gasteiger partial charge on any atom is -0.380 e. The molecule has 3 atom stereocenters. The van der Waals surface area contributed by atoms with Crippen LogP contribution in [0.3, 0.4) is 0 Å². The molecule has 4 amide bonds. The van der Waals surface area contributed by atoms with E-state index in [4.69, 9.17) is 4.74 Å². The second kappa shape index (κ2) is 5.36. The molecule has 0 spiro atoms. The summed E-state index contributed by atoms with van der Waals surface area (Å²) in [4.78, 5) is 39.7. The van der Waals surface area contributed by atoms with E-state index in [1.54, 1.807) is 0 Å². The summed E-state index contributed by atoms with van der Waals surface area (Å²) in [5.74, 6) is -1.35. The molecule has 3 fully saturated rings. The molecule has 0 aromatic heterocycles. The molecule has 0 aromatic carbocycles. The van der Waals surface area contributed by atoms with E-state index in [0.717, 1.165) is 4.90 Å². The van der Waals surface area contributed by atoms with Gasteiger partial charge in [0.15, 0.2) is 0 Å². The number of rotatable bonds is 3. The summed E-state index contributed by atoms with van der Waals surface area (Å²) in [5.41, 5.74) is 0. The van der Waals surface area contributed by atoms with Crippen LogP contribution >= 0.6 is 0 Å². The third-order valence-corrected chi connectivity index (χ3v) is 4.52. The van der Waals surface area contributed by atoms with Gasteiger partial charge in [-0.25, -0.2) is 9.69 Å². The van der Waals surface area contributed by atoms with E-state index >= 15 is 0 Å². The van der Waals surface area contributed by atoms with Crippen LogP contribution in [0.5, 0.6) is 0 Å². The molecule has 0 bridgehead atoms. The Morgan fingerprint density at radius 2 is 1.87 bits per heavy atom. The van der Waals surface area contributed by atoms with Crippen molar-refractivity contribution in [2.24, 2.45) is 0 Å². The maximum atomic E-state index is 12.4. The van der Waals surface area contributed by atoms with Gasteiger partial charge in [-0.3, -0.25) is 9.59 Å². The van der Waals surface area contributed by atoms with Gasteiger partial charge in [0.2, 0.25) is 5.91 Å². The van der Waals surface area contributed by atoms with E-state index in [-0.39, 0.29) is 25.6 Å². The molecular formula is C13H16F3N3O4. The van der Waals surface area contributed by atoms with Crippen molar-refractivity contribution in [2.75, 3.05) is 26.7 Å². The lowest BCUT2D eigenvalue weighted by molar-refractivity contribution is -0.159. The van der Waals surface area contributed by atoms with Crippen molar-refractivity contribution >= 4 is 17.8 Å². The van der Waals surface area contributed by atoms with Crippen LogP contribution in [0.15, 0.2) is 0 Å². The lowest BCUT2D eigenvalue weighted by Crippen LogP contribution is -2.48. The number of carbonyl (C=O) groups excluding carboxylic acids is 3. The average molecular weight is 335 g/mol. The second-order valence-corrected chi connectivity index (χ2v) is 5.93. The van der Waals surface area contributed by atoms with E-state index < -0.39 is 42.7 Å². The maximum Gasteiger partial charge on any atom is 0.406 e. The van der Waals surface area contributed by atoms with Crippen molar-refractivity contribution in [3.8, 4) is 0 Å². The van der Waals surface area contributed by atoms with Gasteiger partial charge < -0.3 is 14.5 Å². The standard InChI is InChI=1S/C13H16F3N3O4/c1-23-7-4-9-11(21)19(12(22)18(9)5-7)8-2-3-17(10(8)20)6-13(14,15)16/h7-9H,2-6H2,1H3/t7-,8-,9+/m1/s1. The fourth-order valence-electron chi connectivity index (χ4n) is 3.43. The summed E-state index contributed by atoms with van der Waals surface area (Å²) in [6, 6.07) is -2.44. The molecule has 23 heavy (non-hydrogen) atoms. The highest BCUT2D eigenvalue weighted by Crippen LogP contribution is 2.33. The minimum absolute atomic E-state index is 0.0284. The Hall–Kier alpha value is -1.84. The molecule has 0 radical (unpaired) electrons. The fraction of sp³-hybridized carbons (Fsp3) is 0.769. The number of methoxy groups -OCH3 is 1. The van der Waals surface area contributed by atoms with Crippen LogP contribution in [-0.4, -0.2) is 83.7 Å². The Bertz CT molecular complexity index is 529. The first-order valence-corrected chi connectivity index (χ1v) is 7.25. The van der Waals surface area contributed by atoms with Crippen molar-refractivity contribution in [1.82, 2.24) is 14.7 Å². The molecule has 7 nitrogen and oxygen atoms in total. The van der Waals surface area contributed by atoms with Gasteiger partial charge in [0.05, 0.1) is 6.10 Å². The van der Waals surface area contributed by atoms with Gasteiger partial charge in [-0.05, 0) is 6.42 Å². The molecule has 10 heteroatoms. The SMILES string of the molecule is CO[C@@H]1C[C@H]2C(=O)N([C@@H]3CCN(CC(F)(F)F)C3=O)C(=O)N2C1. The first-order valence-electron chi connectivity index (χ1n) is 7.25. The van der Waals surface area contributed by atoms with Crippen LogP contribution < -0.4 is 0 Å². The topological polar surface area (TPSA) is 70.2 Å². The minimum atomic E-state index is -4.50. The van der Waals surface area contributed by atoms with E-state index in [2.05, 4.69) is 0 Å². The Labute approximate surface area is 129 Å². The number of halogens is 3. The number of nitrogens with zero attached hydrogens (tertiary/aromatic N) is 3. The van der Waals surface area contributed by atoms with Crippen LogP contribution in [0, 0.1) is 0 Å². The zero-order valence-electron chi connectivity index (χ0n) is 12.4. The molecule has 3 rings (SSSR count). The van der Waals surface area contributed by atoms with E-state index in [0.29, 0.717) is 11.3 Å². The zero-order valence-corrected chi connectivity index (χ0v) is 12.4. The predicted octanol–water partition coefficient (Wildman–Crippen LogP) is 0.201. The van der Waals surface area contributed by atoms with Crippen molar-refractivity contribution in [2.45, 2.75) is 37.2 Å². The number of urea groups is 1. The van der Waals surface area contributed by atoms with Gasteiger partial charge in [-0.1, -0.05) is 0 Å². The maximum absolute atomic E-state index is 12.4. The Morgan fingerprint density at radius 1 is 1.17 bits per heavy atom. The molecule has 3 aliphatic heterocycles. The summed E-state index contributed by atoms with van der Waals surface area (Å²) in [5, 5.41) is 0. The van der Waals surface area contributed by atoms with Gasteiger partial charge in [0.25, 0.3) is 5.91 Å². The van der Waals surface area contributed by atoms with Gasteiger partial charge in [-0.15, -0.1) is 0 Å². The van der Waals surface area contributed by atoms with Crippen molar-refractivity contribution < 1.29 is 32.3 Å². The number of hydrogen-bond donors (Lipinski definition) is 0. The van der Waals surface area contributed by atoms with Gasteiger partial charge >= 0.3 is 12.2 Å². The molecule has 3 aliphatic rings. The van der Waals surface area contributed by atoms with Crippen molar-refractivity contribution in [3.63, 3.8) is 0 Å². The third-order valence-electron chi connectivity index (χ3n) is 4.52. The number of ether oxygens (including phenoxy) is 1. The summed E-state index contributed by atoms with van der Waals surface area (Å²) >= 11 is 0. The molecule has 3 saturated heterocycles. The van der Waals surface area contributed by atoms with Gasteiger partial charge in [-0.2, -0.15) is 13.2 Å². The molecule has 0 N–H and O–H groups in total. The van der Waals surface area contributed by atoms with E-state index in [9.17, 15) is 27.6 Å². The summed E-state index contributed by atoms with van der Waals surface area (Å²) < 4.78 is 42.5. The first kappa shape index (κ1) is 16.0. The number of likely N-dealkylation sites (tertiary alicyclic amines) is 1. The number of imide groups is 1. The van der Waals surface area contributed by atoms with Crippen molar-refractivity contribution in [1.29, 1.82) is 0 Å². The fourth-order valence-corrected chi connectivity index (χ4v) is 3.43. The molecule has 0 aromatic rings. The van der Waals surface area contributed by atoms with Crippen LogP contribution in [0.2, 0.25) is 0 Å². The molecule has 0 aliphatic carbocycles. The Balaban J connectivity index is 1.73. The van der Waals surface area contributed by atoms with Crippen LogP contribution in [0.4, 0.5) is 18.0 Å². The monoisotopic (exact) mass is 335 g/mol. The van der Waals surface area contributed by atoms with Gasteiger partial charge in [0.1, 0.15) is 18.6 Å². The zero-order chi connectivity index (χ0) is 16.9. The quantitative estimate of drug-likeness (QED) is 0.691. The molecular weight excluding hydrogens is 319 g/mol. The van der Waals surface area contributed by atoms with E-state index in [1.807, 2.05) is 0 Å². The normalized spacial score (nSPS) is 31.6. The highest BCUT2D eigenvalue weighted by atomic mass is 19.4. The summed E-state index contributed by atoms with van der Waals surface area (Å²) in [6.07, 6.45) is -4.38. The highest BCUT2D eigenvalue weighted by Gasteiger charge is 2.55. The largest absolute Gasteiger partial charge is 0.406 e. The number of carbonyl (C=O) groups is 3. The summed E-state index contributed by atoms with van der Waals surface area (Å²) in [7, 11) is 1.48. The van der Waals surface area contributed by atoms with E-state index in [1.165, 1.54) is 12.0 Å². The second-order valence-electron chi connectivity index (χ2n) is 5.93. The lowest BCUT2D eigenvalue weighted by atomic mass is 10.1. The number of hydrogen-bond acceptors (Lipinski definition) is 4. The smallest absolute Gasteiger partial charge is 0.380 e. The summed E-state index contributed by atoms with van der Waals surface area (Å²) in [6.45, 7) is -1.24. The number of amides is 4. The molecule has 3 heterocycles. The highest BCUT2D eigenvalue weighted by molar-refractivity contribution is 6.08. The third kappa shape index (κ3) is 2.64. The van der Waals surface area contributed by atoms with Crippen LogP contribution in [0.1, 0.15) is 12.8 Å². The van der Waals surface area contributed by atoms with Crippen molar-refractivity contribution in [3.05, 3.63) is 0 Å². The molecule has 0 unspecified atom stereocenters. The predicted molar refractivity (Wildman–Crippen MR) is 69.2 cm³/mol. The average Bonchev–Trinajstić information content (AvgIpc) is 3.09. The molecule has 0 saturated carbocycles. The van der Waals surface area contributed by atoms with Crippen LogP contribution in [0.25, 0.3) is 0 Å². The Kier molecular flexibility index (Phi) is 3.74. The lowest BCUT2D eigenvalue weighted by Gasteiger charge is -2.23. The Morgan fingerprint density at radius 3 is 2.43 bits per heavy atom. The number of alkyl halides is 3. The molecule has 128 valence electrons.